The van der Waals surface area contributed by atoms with Crippen LogP contribution in [0, 0.1) is 6.92 Å². The number of carbonyl (C=O) groups excluding carboxylic acids is 1. The summed E-state index contributed by atoms with van der Waals surface area (Å²) in [5.41, 5.74) is 0.787. The van der Waals surface area contributed by atoms with E-state index in [0.717, 1.165) is 0 Å². The maximum absolute atomic E-state index is 13.1. The summed E-state index contributed by atoms with van der Waals surface area (Å²) < 4.78 is 39.4. The lowest BCUT2D eigenvalue weighted by Crippen LogP contribution is -2.57. The Morgan fingerprint density at radius 1 is 1.45 bits per heavy atom. The fraction of sp³-hybridized carbons (Fsp3) is 0.667. The summed E-state index contributed by atoms with van der Waals surface area (Å²) in [6, 6.07) is -1.67. The van der Waals surface area contributed by atoms with E-state index in [1.807, 2.05) is 0 Å². The first-order chi connectivity index (χ1) is 9.89. The molecule has 2 rings (SSSR count). The van der Waals surface area contributed by atoms with Crippen molar-refractivity contribution in [3.63, 3.8) is 0 Å². The minimum absolute atomic E-state index is 0. The topological polar surface area (TPSA) is 73.0 Å². The van der Waals surface area contributed by atoms with Crippen molar-refractivity contribution < 1.29 is 18.0 Å². The molecule has 126 valence electrons. The molecule has 1 aliphatic heterocycles. The van der Waals surface area contributed by atoms with Gasteiger partial charge in [0.05, 0.1) is 11.8 Å². The number of carbonyl (C=O) groups is 1. The summed E-state index contributed by atoms with van der Waals surface area (Å²) >= 11 is 0. The van der Waals surface area contributed by atoms with Crippen molar-refractivity contribution in [1.82, 2.24) is 25.7 Å². The monoisotopic (exact) mass is 341 g/mol. The second-order valence-corrected chi connectivity index (χ2v) is 4.96. The van der Waals surface area contributed by atoms with Crippen molar-refractivity contribution in [3.8, 4) is 0 Å². The Morgan fingerprint density at radius 2 is 2.09 bits per heavy atom. The van der Waals surface area contributed by atoms with Crippen molar-refractivity contribution in [2.75, 3.05) is 32.7 Å². The van der Waals surface area contributed by atoms with Crippen LogP contribution in [0.1, 0.15) is 16.1 Å². The van der Waals surface area contributed by atoms with Gasteiger partial charge in [-0.05, 0) is 6.92 Å². The number of alkyl halides is 3. The highest BCUT2D eigenvalue weighted by Gasteiger charge is 2.43. The Kier molecular flexibility index (Phi) is 6.64. The Labute approximate surface area is 132 Å². The largest absolute Gasteiger partial charge is 0.405 e. The van der Waals surface area contributed by atoms with Crippen LogP contribution in [0.15, 0.2) is 6.20 Å². The molecule has 2 heterocycles. The predicted octanol–water partition coefficient (Wildman–Crippen LogP) is 0.706. The maximum Gasteiger partial charge on any atom is 0.405 e. The molecule has 0 radical (unpaired) electrons. The molecule has 1 fully saturated rings. The van der Waals surface area contributed by atoms with E-state index < -0.39 is 24.7 Å². The highest BCUT2D eigenvalue weighted by atomic mass is 35.5. The molecule has 0 bridgehead atoms. The average molecular weight is 342 g/mol. The lowest BCUT2D eigenvalue weighted by molar-refractivity contribution is -0.183. The zero-order valence-corrected chi connectivity index (χ0v) is 12.9. The molecule has 1 aromatic rings. The normalized spacial score (nSPS) is 17.6. The number of nitrogens with zero attached hydrogens (tertiary/aromatic N) is 2. The van der Waals surface area contributed by atoms with E-state index >= 15 is 0 Å². The van der Waals surface area contributed by atoms with E-state index in [4.69, 9.17) is 0 Å². The lowest BCUT2D eigenvalue weighted by atomic mass is 10.2. The molecule has 1 amide bonds. The van der Waals surface area contributed by atoms with Crippen molar-refractivity contribution in [2.45, 2.75) is 19.1 Å². The van der Waals surface area contributed by atoms with Crippen LogP contribution < -0.4 is 10.6 Å². The van der Waals surface area contributed by atoms with E-state index in [1.165, 1.54) is 11.1 Å². The summed E-state index contributed by atoms with van der Waals surface area (Å²) in [4.78, 5) is 13.2. The Bertz CT molecular complexity index is 487. The number of rotatable bonds is 4. The number of aromatic amines is 1. The Balaban J connectivity index is 0.00000242. The SMILES string of the molecule is Cc1[nH]ncc1C(=O)NCC(N1CCNCC1)C(F)(F)F.Cl. The van der Waals surface area contributed by atoms with E-state index in [2.05, 4.69) is 20.8 Å². The lowest BCUT2D eigenvalue weighted by Gasteiger charge is -2.35. The van der Waals surface area contributed by atoms with Crippen LogP contribution in [0.3, 0.4) is 0 Å². The highest BCUT2D eigenvalue weighted by molar-refractivity contribution is 5.94. The van der Waals surface area contributed by atoms with E-state index in [9.17, 15) is 18.0 Å². The van der Waals surface area contributed by atoms with Crippen LogP contribution >= 0.6 is 12.4 Å². The Hall–Kier alpha value is -1.32. The van der Waals surface area contributed by atoms with Crippen LogP contribution in [0.25, 0.3) is 0 Å². The number of H-pyrrole nitrogens is 1. The predicted molar refractivity (Wildman–Crippen MR) is 77.2 cm³/mol. The maximum atomic E-state index is 13.1. The van der Waals surface area contributed by atoms with Gasteiger partial charge in [-0.3, -0.25) is 14.8 Å². The molecule has 1 atom stereocenters. The minimum Gasteiger partial charge on any atom is -0.350 e. The summed E-state index contributed by atoms with van der Waals surface area (Å²) in [6.07, 6.45) is -3.08. The molecule has 1 saturated heterocycles. The van der Waals surface area contributed by atoms with Gasteiger partial charge in [0.1, 0.15) is 6.04 Å². The zero-order chi connectivity index (χ0) is 15.5. The van der Waals surface area contributed by atoms with Crippen LogP contribution in [0.2, 0.25) is 0 Å². The Morgan fingerprint density at radius 3 is 2.59 bits per heavy atom. The summed E-state index contributed by atoms with van der Waals surface area (Å²) in [5, 5.41) is 11.6. The second-order valence-electron chi connectivity index (χ2n) is 4.96. The smallest absolute Gasteiger partial charge is 0.350 e. The van der Waals surface area contributed by atoms with Crippen molar-refractivity contribution >= 4 is 18.3 Å². The summed E-state index contributed by atoms with van der Waals surface area (Å²) in [7, 11) is 0. The fourth-order valence-electron chi connectivity index (χ4n) is 2.31. The first-order valence-corrected chi connectivity index (χ1v) is 6.69. The second kappa shape index (κ2) is 7.80. The van der Waals surface area contributed by atoms with Gasteiger partial charge in [-0.2, -0.15) is 18.3 Å². The summed E-state index contributed by atoms with van der Waals surface area (Å²) in [6.45, 7) is 2.82. The average Bonchev–Trinajstić information content (AvgIpc) is 2.85. The van der Waals surface area contributed by atoms with Crippen LogP contribution in [0.4, 0.5) is 13.2 Å². The molecule has 22 heavy (non-hydrogen) atoms. The van der Waals surface area contributed by atoms with E-state index in [1.54, 1.807) is 6.92 Å². The third-order valence-corrected chi connectivity index (χ3v) is 3.50. The highest BCUT2D eigenvalue weighted by Crippen LogP contribution is 2.24. The summed E-state index contributed by atoms with van der Waals surface area (Å²) in [5.74, 6) is -0.550. The molecule has 10 heteroatoms. The fourth-order valence-corrected chi connectivity index (χ4v) is 2.31. The molecule has 0 aliphatic carbocycles. The molecular formula is C12H19ClF3N5O. The van der Waals surface area contributed by atoms with E-state index in [-0.39, 0.29) is 18.0 Å². The molecule has 1 aliphatic rings. The molecule has 0 aromatic carbocycles. The zero-order valence-electron chi connectivity index (χ0n) is 12.0. The third kappa shape index (κ3) is 4.59. The molecule has 0 saturated carbocycles. The van der Waals surface area contributed by atoms with Gasteiger partial charge < -0.3 is 10.6 Å². The number of aryl methyl sites for hydroxylation is 1. The minimum atomic E-state index is -4.38. The third-order valence-electron chi connectivity index (χ3n) is 3.50. The van der Waals surface area contributed by atoms with Gasteiger partial charge in [-0.15, -0.1) is 12.4 Å². The number of hydrogen-bond donors (Lipinski definition) is 3. The van der Waals surface area contributed by atoms with Crippen LogP contribution in [-0.4, -0.2) is 65.9 Å². The van der Waals surface area contributed by atoms with Gasteiger partial charge in [0, 0.05) is 38.4 Å². The van der Waals surface area contributed by atoms with Gasteiger partial charge >= 0.3 is 6.18 Å². The van der Waals surface area contributed by atoms with E-state index in [0.29, 0.717) is 31.9 Å². The number of halogens is 4. The standard InChI is InChI=1S/C12H18F3N5O.ClH/c1-8-9(6-18-19-8)11(21)17-7-10(12(13,14)15)20-4-2-16-3-5-20;/h6,10,16H,2-5,7H2,1H3,(H,17,21)(H,18,19);1H. The number of nitrogens with one attached hydrogen (secondary N) is 3. The first kappa shape index (κ1) is 18.7. The van der Waals surface area contributed by atoms with Gasteiger partial charge in [0.25, 0.3) is 5.91 Å². The number of aromatic nitrogens is 2. The van der Waals surface area contributed by atoms with Crippen LogP contribution in [-0.2, 0) is 0 Å². The first-order valence-electron chi connectivity index (χ1n) is 6.69. The van der Waals surface area contributed by atoms with Crippen molar-refractivity contribution in [3.05, 3.63) is 17.5 Å². The van der Waals surface area contributed by atoms with Gasteiger partial charge in [-0.25, -0.2) is 0 Å². The molecular weight excluding hydrogens is 323 g/mol. The number of amides is 1. The number of piperazine rings is 1. The molecule has 6 nitrogen and oxygen atoms in total. The quantitative estimate of drug-likeness (QED) is 0.754. The van der Waals surface area contributed by atoms with Crippen molar-refractivity contribution in [2.24, 2.45) is 0 Å². The molecule has 1 unspecified atom stereocenters. The van der Waals surface area contributed by atoms with Gasteiger partial charge in [0.2, 0.25) is 0 Å². The molecule has 1 aromatic heterocycles. The molecule has 0 spiro atoms. The van der Waals surface area contributed by atoms with Crippen molar-refractivity contribution in [1.29, 1.82) is 0 Å². The molecule has 3 N–H and O–H groups in total. The van der Waals surface area contributed by atoms with Gasteiger partial charge in [-0.1, -0.05) is 0 Å². The number of hydrogen-bond acceptors (Lipinski definition) is 4. The van der Waals surface area contributed by atoms with Crippen LogP contribution in [0.5, 0.6) is 0 Å². The van der Waals surface area contributed by atoms with Gasteiger partial charge in [0.15, 0.2) is 0 Å².